The van der Waals surface area contributed by atoms with Crippen molar-refractivity contribution in [3.63, 3.8) is 0 Å². The predicted molar refractivity (Wildman–Crippen MR) is 101 cm³/mol. The third-order valence-electron chi connectivity index (χ3n) is 3.62. The van der Waals surface area contributed by atoms with E-state index in [9.17, 15) is 4.79 Å². The van der Waals surface area contributed by atoms with Gasteiger partial charge in [0.15, 0.2) is 0 Å². The molecule has 0 aliphatic heterocycles. The van der Waals surface area contributed by atoms with Crippen molar-refractivity contribution in [3.8, 4) is 0 Å². The average Bonchev–Trinajstić information content (AvgIpc) is 3.02. The summed E-state index contributed by atoms with van der Waals surface area (Å²) in [5, 5.41) is 7.26. The number of nitrogens with two attached hydrogens (primary N) is 1. The van der Waals surface area contributed by atoms with Gasteiger partial charge in [0.05, 0.1) is 12.1 Å². The van der Waals surface area contributed by atoms with E-state index in [1.807, 2.05) is 6.26 Å². The summed E-state index contributed by atoms with van der Waals surface area (Å²) in [7, 11) is 0. The van der Waals surface area contributed by atoms with Crippen molar-refractivity contribution in [3.05, 3.63) is 22.4 Å². The number of hydrogen-bond donors (Lipinski definition) is 2. The Kier molecular flexibility index (Phi) is 12.0. The minimum Gasteiger partial charge on any atom is -0.353 e. The molecular weight excluding hydrogens is 338 g/mol. The summed E-state index contributed by atoms with van der Waals surface area (Å²) in [6, 6.07) is 1.95. The maximum absolute atomic E-state index is 12.1. The summed E-state index contributed by atoms with van der Waals surface area (Å²) < 4.78 is 0. The molecule has 0 aliphatic carbocycles. The van der Waals surface area contributed by atoms with Crippen molar-refractivity contribution in [1.29, 1.82) is 0 Å². The molecule has 0 aromatic carbocycles. The van der Waals surface area contributed by atoms with Gasteiger partial charge in [-0.15, -0.1) is 12.4 Å². The fraction of sp³-hybridized carbons (Fsp3) is 0.667. The molecule has 0 saturated carbocycles. The lowest BCUT2D eigenvalue weighted by Gasteiger charge is -2.29. The summed E-state index contributed by atoms with van der Waals surface area (Å²) in [6.07, 6.45) is 2.75. The molecule has 1 aromatic rings. The molecule has 1 heterocycles. The number of thioether (sulfide) groups is 1. The lowest BCUT2D eigenvalue weighted by molar-refractivity contribution is -0.122. The Hall–Kier alpha value is -0.270. The second kappa shape index (κ2) is 12.2. The Balaban J connectivity index is 0.00000441. The molecule has 7 heteroatoms. The van der Waals surface area contributed by atoms with Crippen LogP contribution in [0.3, 0.4) is 0 Å². The molecule has 0 fully saturated rings. The summed E-state index contributed by atoms with van der Waals surface area (Å²) in [5.41, 5.74) is 7.18. The van der Waals surface area contributed by atoms with Crippen LogP contribution in [0.15, 0.2) is 16.8 Å². The van der Waals surface area contributed by atoms with Crippen molar-refractivity contribution < 1.29 is 4.79 Å². The van der Waals surface area contributed by atoms with Crippen LogP contribution in [0.1, 0.15) is 31.9 Å². The Morgan fingerprint density at radius 3 is 2.64 bits per heavy atom. The van der Waals surface area contributed by atoms with Crippen LogP contribution in [0.5, 0.6) is 0 Å². The summed E-state index contributed by atoms with van der Waals surface area (Å²) in [6.45, 7) is 6.84. The number of likely N-dealkylation sites (N-methyl/N-ethyl adjacent to an activating group) is 1. The van der Waals surface area contributed by atoms with E-state index < -0.39 is 6.04 Å². The molecule has 1 amide bonds. The number of nitrogens with one attached hydrogen (secondary N) is 1. The number of carbonyl (C=O) groups is 1. The van der Waals surface area contributed by atoms with Gasteiger partial charge in [-0.1, -0.05) is 13.8 Å². The highest BCUT2D eigenvalue weighted by Crippen LogP contribution is 2.22. The van der Waals surface area contributed by atoms with Crippen LogP contribution < -0.4 is 11.1 Å². The molecule has 2 unspecified atom stereocenters. The molecular formula is C15H28ClN3OS2. The van der Waals surface area contributed by atoms with Gasteiger partial charge in [0.1, 0.15) is 0 Å². The SMILES string of the molecule is CCN(CC)C(CNC(=O)C(N)CCSC)c1ccsc1.Cl. The molecule has 0 radical (unpaired) electrons. The topological polar surface area (TPSA) is 58.4 Å². The maximum Gasteiger partial charge on any atom is 0.237 e. The van der Waals surface area contributed by atoms with Crippen molar-refractivity contribution in [2.24, 2.45) is 5.73 Å². The molecule has 0 bridgehead atoms. The molecule has 22 heavy (non-hydrogen) atoms. The molecule has 0 saturated heterocycles. The minimum atomic E-state index is -0.405. The molecule has 0 aliphatic rings. The van der Waals surface area contributed by atoms with E-state index in [0.717, 1.165) is 25.3 Å². The summed E-state index contributed by atoms with van der Waals surface area (Å²) in [5.74, 6) is 0.870. The number of hydrogen-bond acceptors (Lipinski definition) is 5. The number of amides is 1. The third kappa shape index (κ3) is 6.87. The van der Waals surface area contributed by atoms with Gasteiger partial charge in [-0.25, -0.2) is 0 Å². The Labute approximate surface area is 148 Å². The van der Waals surface area contributed by atoms with E-state index in [0.29, 0.717) is 6.54 Å². The zero-order valence-corrected chi connectivity index (χ0v) is 16.0. The second-order valence-electron chi connectivity index (χ2n) is 4.93. The largest absolute Gasteiger partial charge is 0.353 e. The molecule has 3 N–H and O–H groups in total. The molecule has 0 spiro atoms. The van der Waals surface area contributed by atoms with Crippen LogP contribution in [-0.2, 0) is 4.79 Å². The number of carbonyl (C=O) groups excluding carboxylic acids is 1. The fourth-order valence-electron chi connectivity index (χ4n) is 2.29. The standard InChI is InChI=1S/C15H27N3OS2.ClH/c1-4-18(5-2)14(12-6-9-21-11-12)10-17-15(19)13(16)7-8-20-3;/h6,9,11,13-14H,4-5,7-8,10,16H2,1-3H3,(H,17,19);1H. The zero-order valence-electron chi connectivity index (χ0n) is 13.6. The van der Waals surface area contributed by atoms with E-state index >= 15 is 0 Å². The average molecular weight is 366 g/mol. The fourth-order valence-corrected chi connectivity index (χ4v) is 3.49. The second-order valence-corrected chi connectivity index (χ2v) is 6.69. The van der Waals surface area contributed by atoms with Crippen molar-refractivity contribution in [1.82, 2.24) is 10.2 Å². The van der Waals surface area contributed by atoms with Crippen molar-refractivity contribution in [2.75, 3.05) is 31.6 Å². The Morgan fingerprint density at radius 2 is 2.14 bits per heavy atom. The van der Waals surface area contributed by atoms with Gasteiger partial charge in [0.2, 0.25) is 5.91 Å². The van der Waals surface area contributed by atoms with Gasteiger partial charge >= 0.3 is 0 Å². The highest BCUT2D eigenvalue weighted by atomic mass is 35.5. The van der Waals surface area contributed by atoms with Gasteiger partial charge in [0, 0.05) is 6.54 Å². The van der Waals surface area contributed by atoms with E-state index in [1.54, 1.807) is 23.1 Å². The van der Waals surface area contributed by atoms with E-state index in [1.165, 1.54) is 5.56 Å². The first-order chi connectivity index (χ1) is 10.1. The number of nitrogens with zero attached hydrogens (tertiary/aromatic N) is 1. The van der Waals surface area contributed by atoms with Crippen LogP contribution in [-0.4, -0.2) is 48.5 Å². The van der Waals surface area contributed by atoms with Crippen molar-refractivity contribution in [2.45, 2.75) is 32.4 Å². The predicted octanol–water partition coefficient (Wildman–Crippen LogP) is 2.75. The molecule has 1 aromatic heterocycles. The first kappa shape index (κ1) is 21.7. The first-order valence-electron chi connectivity index (χ1n) is 7.42. The van der Waals surface area contributed by atoms with Gasteiger partial charge in [-0.2, -0.15) is 23.1 Å². The maximum atomic E-state index is 12.1. The number of thiophene rings is 1. The molecule has 2 atom stereocenters. The summed E-state index contributed by atoms with van der Waals surface area (Å²) in [4.78, 5) is 14.4. The van der Waals surface area contributed by atoms with E-state index in [4.69, 9.17) is 5.73 Å². The van der Waals surface area contributed by atoms with Crippen molar-refractivity contribution >= 4 is 41.4 Å². The first-order valence-corrected chi connectivity index (χ1v) is 9.76. The number of rotatable bonds is 10. The number of halogens is 1. The minimum absolute atomic E-state index is 0. The van der Waals surface area contributed by atoms with E-state index in [-0.39, 0.29) is 24.4 Å². The Bertz CT molecular complexity index is 400. The monoisotopic (exact) mass is 365 g/mol. The quantitative estimate of drug-likeness (QED) is 0.669. The smallest absolute Gasteiger partial charge is 0.237 e. The van der Waals surface area contributed by atoms with E-state index in [2.05, 4.69) is 40.9 Å². The third-order valence-corrected chi connectivity index (χ3v) is 4.97. The Morgan fingerprint density at radius 1 is 1.45 bits per heavy atom. The lowest BCUT2D eigenvalue weighted by atomic mass is 10.1. The van der Waals surface area contributed by atoms with Crippen LogP contribution in [0, 0.1) is 0 Å². The van der Waals surface area contributed by atoms with Crippen LogP contribution >= 0.6 is 35.5 Å². The van der Waals surface area contributed by atoms with Gasteiger partial charge < -0.3 is 11.1 Å². The van der Waals surface area contributed by atoms with Crippen LogP contribution in [0.25, 0.3) is 0 Å². The van der Waals surface area contributed by atoms with Gasteiger partial charge in [0.25, 0.3) is 0 Å². The van der Waals surface area contributed by atoms with Crippen LogP contribution in [0.2, 0.25) is 0 Å². The molecule has 1 rings (SSSR count). The zero-order chi connectivity index (χ0) is 15.7. The highest BCUT2D eigenvalue weighted by molar-refractivity contribution is 7.98. The lowest BCUT2D eigenvalue weighted by Crippen LogP contribution is -2.45. The molecule has 4 nitrogen and oxygen atoms in total. The van der Waals surface area contributed by atoms with Gasteiger partial charge in [-0.05, 0) is 53.9 Å². The molecule has 128 valence electrons. The summed E-state index contributed by atoms with van der Waals surface area (Å²) >= 11 is 3.41. The van der Waals surface area contributed by atoms with Crippen LogP contribution in [0.4, 0.5) is 0 Å². The van der Waals surface area contributed by atoms with Gasteiger partial charge in [-0.3, -0.25) is 9.69 Å². The normalized spacial score (nSPS) is 13.5. The highest BCUT2D eigenvalue weighted by Gasteiger charge is 2.20.